The summed E-state index contributed by atoms with van der Waals surface area (Å²) in [6, 6.07) is 7.89. The Morgan fingerprint density at radius 1 is 1.57 bits per heavy atom. The van der Waals surface area contributed by atoms with Crippen LogP contribution in [-0.4, -0.2) is 10.7 Å². The lowest BCUT2D eigenvalue weighted by molar-refractivity contribution is -0.115. The first-order chi connectivity index (χ1) is 6.63. The van der Waals surface area contributed by atoms with Crippen LogP contribution in [0.3, 0.4) is 0 Å². The van der Waals surface area contributed by atoms with Gasteiger partial charge in [-0.25, -0.2) is 0 Å². The Kier molecular flexibility index (Phi) is 4.14. The molecule has 0 radical (unpaired) electrons. The van der Waals surface area contributed by atoms with Crippen LogP contribution < -0.4 is 5.32 Å². The first-order valence-electron chi connectivity index (χ1n) is 4.67. The summed E-state index contributed by atoms with van der Waals surface area (Å²) in [6.07, 6.45) is 0.980. The highest BCUT2D eigenvalue weighted by Gasteiger charge is 2.08. The summed E-state index contributed by atoms with van der Waals surface area (Å²) in [5, 5.41) is 2.83. The molecular weight excluding hydrogens is 242 g/mol. The molecule has 1 N–H and O–H groups in total. The van der Waals surface area contributed by atoms with Gasteiger partial charge in [-0.1, -0.05) is 35.0 Å². The second-order valence-electron chi connectivity index (χ2n) is 3.16. The zero-order valence-electron chi connectivity index (χ0n) is 8.38. The molecule has 0 aliphatic rings. The third kappa shape index (κ3) is 3.14. The van der Waals surface area contributed by atoms with Crippen molar-refractivity contribution in [3.8, 4) is 0 Å². The summed E-state index contributed by atoms with van der Waals surface area (Å²) in [5.74, 6) is -0.0155. The highest BCUT2D eigenvalue weighted by molar-refractivity contribution is 9.10. The van der Waals surface area contributed by atoms with Crippen molar-refractivity contribution in [1.29, 1.82) is 0 Å². The van der Waals surface area contributed by atoms with Crippen molar-refractivity contribution in [1.82, 2.24) is 0 Å². The molecule has 0 saturated carbocycles. The number of hydrogen-bond donors (Lipinski definition) is 1. The average Bonchev–Trinajstić information content (AvgIpc) is 2.18. The van der Waals surface area contributed by atoms with Gasteiger partial charge in [-0.2, -0.15) is 0 Å². The molecule has 0 heterocycles. The van der Waals surface area contributed by atoms with E-state index < -0.39 is 0 Å². The molecule has 1 rings (SSSR count). The fourth-order valence-electron chi connectivity index (χ4n) is 1.11. The molecule has 14 heavy (non-hydrogen) atoms. The molecule has 76 valence electrons. The molecule has 0 aromatic heterocycles. The van der Waals surface area contributed by atoms with Gasteiger partial charge in [0, 0.05) is 5.69 Å². The Hall–Kier alpha value is -0.830. The minimum Gasteiger partial charge on any atom is -0.325 e. The summed E-state index contributed by atoms with van der Waals surface area (Å²) in [6.45, 7) is 3.90. The van der Waals surface area contributed by atoms with Crippen LogP contribution in [0.4, 0.5) is 5.69 Å². The third-order valence-corrected chi connectivity index (χ3v) is 2.38. The minimum absolute atomic E-state index is 0.0155. The van der Waals surface area contributed by atoms with Crippen LogP contribution in [0.1, 0.15) is 19.4 Å². The van der Waals surface area contributed by atoms with Crippen molar-refractivity contribution in [3.05, 3.63) is 29.8 Å². The second-order valence-corrected chi connectivity index (χ2v) is 4.53. The maximum Gasteiger partial charge on any atom is 0.237 e. The van der Waals surface area contributed by atoms with Crippen LogP contribution in [0.5, 0.6) is 0 Å². The summed E-state index contributed by atoms with van der Waals surface area (Å²) in [7, 11) is 0. The van der Waals surface area contributed by atoms with E-state index in [0.717, 1.165) is 12.1 Å². The van der Waals surface area contributed by atoms with E-state index in [4.69, 9.17) is 0 Å². The number of anilines is 1. The first kappa shape index (κ1) is 11.2. The van der Waals surface area contributed by atoms with Gasteiger partial charge in [0.25, 0.3) is 0 Å². The van der Waals surface area contributed by atoms with E-state index in [1.807, 2.05) is 24.3 Å². The molecule has 0 aliphatic heterocycles. The van der Waals surface area contributed by atoms with Gasteiger partial charge in [0.05, 0.1) is 4.83 Å². The van der Waals surface area contributed by atoms with Crippen molar-refractivity contribution >= 4 is 27.5 Å². The lowest BCUT2D eigenvalue weighted by atomic mass is 10.1. The van der Waals surface area contributed by atoms with E-state index >= 15 is 0 Å². The number of benzene rings is 1. The maximum atomic E-state index is 11.4. The van der Waals surface area contributed by atoms with Crippen molar-refractivity contribution in [2.45, 2.75) is 25.1 Å². The molecule has 1 aromatic rings. The number of amides is 1. The van der Waals surface area contributed by atoms with Crippen LogP contribution in [0.25, 0.3) is 0 Å². The van der Waals surface area contributed by atoms with Gasteiger partial charge in [0.15, 0.2) is 0 Å². The Balaban J connectivity index is 2.72. The van der Waals surface area contributed by atoms with Crippen LogP contribution in [0.2, 0.25) is 0 Å². The largest absolute Gasteiger partial charge is 0.325 e. The zero-order chi connectivity index (χ0) is 10.6. The molecule has 0 bridgehead atoms. The Bertz CT molecular complexity index is 323. The summed E-state index contributed by atoms with van der Waals surface area (Å²) >= 11 is 3.22. The van der Waals surface area contributed by atoms with Crippen molar-refractivity contribution < 1.29 is 4.79 Å². The van der Waals surface area contributed by atoms with Crippen molar-refractivity contribution in [2.24, 2.45) is 0 Å². The molecule has 0 fully saturated rings. The molecular formula is C11H14BrNO. The molecule has 0 saturated heterocycles. The van der Waals surface area contributed by atoms with Crippen LogP contribution >= 0.6 is 15.9 Å². The number of rotatable bonds is 3. The number of hydrogen-bond acceptors (Lipinski definition) is 1. The Morgan fingerprint density at radius 2 is 2.29 bits per heavy atom. The molecule has 1 amide bonds. The van der Waals surface area contributed by atoms with Gasteiger partial charge in [0.1, 0.15) is 0 Å². The van der Waals surface area contributed by atoms with Crippen molar-refractivity contribution in [2.75, 3.05) is 5.32 Å². The average molecular weight is 256 g/mol. The highest BCUT2D eigenvalue weighted by Crippen LogP contribution is 2.12. The summed E-state index contributed by atoms with van der Waals surface area (Å²) in [4.78, 5) is 11.2. The lowest BCUT2D eigenvalue weighted by Gasteiger charge is -2.07. The standard InChI is InChI=1S/C11H14BrNO/c1-3-9-5-4-6-10(7-9)13-11(14)8(2)12/h4-8H,3H2,1-2H3,(H,13,14). The SMILES string of the molecule is CCc1cccc(NC(=O)C(C)Br)c1. The number of halogens is 1. The van der Waals surface area contributed by atoms with E-state index in [1.54, 1.807) is 6.92 Å². The van der Waals surface area contributed by atoms with E-state index in [2.05, 4.69) is 28.2 Å². The topological polar surface area (TPSA) is 29.1 Å². The molecule has 3 heteroatoms. The van der Waals surface area contributed by atoms with Gasteiger partial charge in [-0.3, -0.25) is 4.79 Å². The minimum atomic E-state index is -0.159. The van der Waals surface area contributed by atoms with E-state index in [9.17, 15) is 4.79 Å². The van der Waals surface area contributed by atoms with E-state index in [-0.39, 0.29) is 10.7 Å². The highest BCUT2D eigenvalue weighted by atomic mass is 79.9. The monoisotopic (exact) mass is 255 g/mol. The van der Waals surface area contributed by atoms with Gasteiger partial charge < -0.3 is 5.32 Å². The molecule has 2 nitrogen and oxygen atoms in total. The van der Waals surface area contributed by atoms with Gasteiger partial charge in [0.2, 0.25) is 5.91 Å². The first-order valence-corrected chi connectivity index (χ1v) is 5.59. The van der Waals surface area contributed by atoms with Gasteiger partial charge in [-0.05, 0) is 31.0 Å². The molecule has 1 aromatic carbocycles. The maximum absolute atomic E-state index is 11.4. The van der Waals surface area contributed by atoms with Gasteiger partial charge >= 0.3 is 0 Å². The molecule has 0 aliphatic carbocycles. The Labute approximate surface area is 92.8 Å². The smallest absolute Gasteiger partial charge is 0.237 e. The van der Waals surface area contributed by atoms with Crippen LogP contribution in [0, 0.1) is 0 Å². The van der Waals surface area contributed by atoms with E-state index in [1.165, 1.54) is 5.56 Å². The summed E-state index contributed by atoms with van der Waals surface area (Å²) in [5.41, 5.74) is 2.09. The molecule has 0 spiro atoms. The fourth-order valence-corrected chi connectivity index (χ4v) is 1.23. The number of nitrogens with one attached hydrogen (secondary N) is 1. The van der Waals surface area contributed by atoms with Gasteiger partial charge in [-0.15, -0.1) is 0 Å². The molecule has 1 unspecified atom stereocenters. The van der Waals surface area contributed by atoms with Crippen molar-refractivity contribution in [3.63, 3.8) is 0 Å². The Morgan fingerprint density at radius 3 is 2.86 bits per heavy atom. The third-order valence-electron chi connectivity index (χ3n) is 1.96. The number of alkyl halides is 1. The van der Waals surface area contributed by atoms with Crippen LogP contribution in [0.15, 0.2) is 24.3 Å². The van der Waals surface area contributed by atoms with Crippen LogP contribution in [-0.2, 0) is 11.2 Å². The molecule has 1 atom stereocenters. The second kappa shape index (κ2) is 5.15. The predicted molar refractivity (Wildman–Crippen MR) is 62.8 cm³/mol. The van der Waals surface area contributed by atoms with E-state index in [0.29, 0.717) is 0 Å². The number of carbonyl (C=O) groups excluding carboxylic acids is 1. The number of carbonyl (C=O) groups is 1. The quantitative estimate of drug-likeness (QED) is 0.827. The fraction of sp³-hybridized carbons (Fsp3) is 0.364. The predicted octanol–water partition coefficient (Wildman–Crippen LogP) is 2.97. The normalized spacial score (nSPS) is 12.2. The lowest BCUT2D eigenvalue weighted by Crippen LogP contribution is -2.19. The summed E-state index contributed by atoms with van der Waals surface area (Å²) < 4.78 is 0. The number of aryl methyl sites for hydroxylation is 1. The zero-order valence-corrected chi connectivity index (χ0v) is 9.97.